The van der Waals surface area contributed by atoms with Crippen LogP contribution in [0.3, 0.4) is 0 Å². The minimum Gasteiger partial charge on any atom is -0.384 e. The second kappa shape index (κ2) is 5.56. The van der Waals surface area contributed by atoms with Crippen LogP contribution in [0.25, 0.3) is 0 Å². The SMILES string of the molecule is CCCC(C)(CNC)COC. The summed E-state index contributed by atoms with van der Waals surface area (Å²) < 4.78 is 5.17. The molecule has 68 valence electrons. The van der Waals surface area contributed by atoms with E-state index in [0.717, 1.165) is 13.2 Å². The maximum absolute atomic E-state index is 5.17. The van der Waals surface area contributed by atoms with Gasteiger partial charge < -0.3 is 10.1 Å². The lowest BCUT2D eigenvalue weighted by molar-refractivity contribution is 0.0854. The summed E-state index contributed by atoms with van der Waals surface area (Å²) in [4.78, 5) is 0. The molecular weight excluding hydrogens is 138 g/mol. The van der Waals surface area contributed by atoms with Gasteiger partial charge in [0, 0.05) is 19.1 Å². The minimum atomic E-state index is 0.318. The fourth-order valence-electron chi connectivity index (χ4n) is 1.59. The van der Waals surface area contributed by atoms with Crippen molar-refractivity contribution in [3.63, 3.8) is 0 Å². The fraction of sp³-hybridized carbons (Fsp3) is 1.00. The first-order valence-electron chi connectivity index (χ1n) is 4.32. The Morgan fingerprint density at radius 2 is 2.09 bits per heavy atom. The van der Waals surface area contributed by atoms with E-state index in [0.29, 0.717) is 5.41 Å². The summed E-state index contributed by atoms with van der Waals surface area (Å²) in [5.74, 6) is 0. The van der Waals surface area contributed by atoms with Gasteiger partial charge in [-0.3, -0.25) is 0 Å². The van der Waals surface area contributed by atoms with Gasteiger partial charge in [-0.25, -0.2) is 0 Å². The summed E-state index contributed by atoms with van der Waals surface area (Å²) in [7, 11) is 3.76. The Morgan fingerprint density at radius 3 is 2.45 bits per heavy atom. The van der Waals surface area contributed by atoms with Crippen LogP contribution >= 0.6 is 0 Å². The predicted octanol–water partition coefficient (Wildman–Crippen LogP) is 1.66. The minimum absolute atomic E-state index is 0.318. The molecule has 1 atom stereocenters. The van der Waals surface area contributed by atoms with Crippen molar-refractivity contribution in [2.75, 3.05) is 27.3 Å². The highest BCUT2D eigenvalue weighted by atomic mass is 16.5. The van der Waals surface area contributed by atoms with E-state index in [2.05, 4.69) is 19.2 Å². The van der Waals surface area contributed by atoms with Crippen LogP contribution in [-0.2, 0) is 4.74 Å². The number of nitrogens with one attached hydrogen (secondary N) is 1. The molecule has 0 aromatic rings. The lowest BCUT2D eigenvalue weighted by Crippen LogP contribution is -2.33. The Kier molecular flexibility index (Phi) is 5.51. The van der Waals surface area contributed by atoms with E-state index in [9.17, 15) is 0 Å². The molecule has 0 heterocycles. The van der Waals surface area contributed by atoms with Crippen molar-refractivity contribution in [3.05, 3.63) is 0 Å². The zero-order valence-corrected chi connectivity index (χ0v) is 8.24. The van der Waals surface area contributed by atoms with Crippen LogP contribution in [0.15, 0.2) is 0 Å². The molecule has 11 heavy (non-hydrogen) atoms. The van der Waals surface area contributed by atoms with Crippen molar-refractivity contribution in [2.24, 2.45) is 5.41 Å². The number of methoxy groups -OCH3 is 1. The van der Waals surface area contributed by atoms with Gasteiger partial charge in [0.05, 0.1) is 6.61 Å². The summed E-state index contributed by atoms with van der Waals surface area (Å²) in [5, 5.41) is 3.20. The smallest absolute Gasteiger partial charge is 0.0528 e. The first-order chi connectivity index (χ1) is 5.18. The Balaban J connectivity index is 3.79. The van der Waals surface area contributed by atoms with Crippen LogP contribution in [-0.4, -0.2) is 27.3 Å². The molecule has 0 aliphatic carbocycles. The average molecular weight is 159 g/mol. The predicted molar refractivity (Wildman–Crippen MR) is 48.8 cm³/mol. The quantitative estimate of drug-likeness (QED) is 0.636. The van der Waals surface area contributed by atoms with E-state index in [4.69, 9.17) is 4.74 Å². The molecule has 0 aliphatic rings. The molecule has 0 aromatic carbocycles. The van der Waals surface area contributed by atoms with Gasteiger partial charge in [0.1, 0.15) is 0 Å². The third kappa shape index (κ3) is 4.38. The number of rotatable bonds is 6. The molecule has 1 N–H and O–H groups in total. The Bertz CT molecular complexity index is 76.5. The van der Waals surface area contributed by atoms with E-state index >= 15 is 0 Å². The second-order valence-corrected chi connectivity index (χ2v) is 3.52. The molecule has 0 spiro atoms. The van der Waals surface area contributed by atoms with Crippen LogP contribution < -0.4 is 5.32 Å². The van der Waals surface area contributed by atoms with E-state index < -0.39 is 0 Å². The van der Waals surface area contributed by atoms with Crippen LogP contribution in [0.1, 0.15) is 26.7 Å². The van der Waals surface area contributed by atoms with E-state index in [1.165, 1.54) is 12.8 Å². The highest BCUT2D eigenvalue weighted by Gasteiger charge is 2.21. The molecular formula is C9H21NO. The van der Waals surface area contributed by atoms with Crippen LogP contribution in [0.4, 0.5) is 0 Å². The number of hydrogen-bond acceptors (Lipinski definition) is 2. The average Bonchev–Trinajstić information content (AvgIpc) is 1.88. The Hall–Kier alpha value is -0.0800. The third-order valence-electron chi connectivity index (χ3n) is 1.95. The fourth-order valence-corrected chi connectivity index (χ4v) is 1.59. The molecule has 0 amide bonds. The standard InChI is InChI=1S/C9H21NO/c1-5-6-9(2,7-10-3)8-11-4/h10H,5-8H2,1-4H3. The molecule has 0 aliphatic heterocycles. The van der Waals surface area contributed by atoms with Crippen molar-refractivity contribution in [2.45, 2.75) is 26.7 Å². The largest absolute Gasteiger partial charge is 0.384 e. The van der Waals surface area contributed by atoms with E-state index in [-0.39, 0.29) is 0 Å². The van der Waals surface area contributed by atoms with Crippen LogP contribution in [0.5, 0.6) is 0 Å². The number of ether oxygens (including phenoxy) is 1. The first-order valence-corrected chi connectivity index (χ1v) is 4.32. The zero-order chi connectivity index (χ0) is 8.74. The molecule has 0 rings (SSSR count). The second-order valence-electron chi connectivity index (χ2n) is 3.52. The summed E-state index contributed by atoms with van der Waals surface area (Å²) in [5.41, 5.74) is 0.318. The molecule has 2 heteroatoms. The highest BCUT2D eigenvalue weighted by molar-refractivity contribution is 4.74. The molecule has 2 nitrogen and oxygen atoms in total. The first kappa shape index (κ1) is 10.9. The molecule has 0 saturated heterocycles. The van der Waals surface area contributed by atoms with Gasteiger partial charge in [0.25, 0.3) is 0 Å². The van der Waals surface area contributed by atoms with Gasteiger partial charge in [0.2, 0.25) is 0 Å². The van der Waals surface area contributed by atoms with Crippen LogP contribution in [0, 0.1) is 5.41 Å². The highest BCUT2D eigenvalue weighted by Crippen LogP contribution is 2.21. The summed E-state index contributed by atoms with van der Waals surface area (Å²) in [6.45, 7) is 6.36. The topological polar surface area (TPSA) is 21.3 Å². The van der Waals surface area contributed by atoms with Crippen molar-refractivity contribution in [1.82, 2.24) is 5.32 Å². The van der Waals surface area contributed by atoms with Gasteiger partial charge >= 0.3 is 0 Å². The Morgan fingerprint density at radius 1 is 1.45 bits per heavy atom. The van der Waals surface area contributed by atoms with Gasteiger partial charge in [-0.15, -0.1) is 0 Å². The van der Waals surface area contributed by atoms with E-state index in [1.807, 2.05) is 7.05 Å². The van der Waals surface area contributed by atoms with Crippen molar-refractivity contribution < 1.29 is 4.74 Å². The molecule has 0 saturated carbocycles. The van der Waals surface area contributed by atoms with Gasteiger partial charge in [-0.2, -0.15) is 0 Å². The third-order valence-corrected chi connectivity index (χ3v) is 1.95. The van der Waals surface area contributed by atoms with Gasteiger partial charge in [0.15, 0.2) is 0 Å². The number of hydrogen-bond donors (Lipinski definition) is 1. The zero-order valence-electron chi connectivity index (χ0n) is 8.24. The van der Waals surface area contributed by atoms with Crippen molar-refractivity contribution in [3.8, 4) is 0 Å². The molecule has 0 bridgehead atoms. The summed E-state index contributed by atoms with van der Waals surface area (Å²) in [6, 6.07) is 0. The molecule has 0 aromatic heterocycles. The summed E-state index contributed by atoms with van der Waals surface area (Å²) >= 11 is 0. The van der Waals surface area contributed by atoms with Crippen molar-refractivity contribution in [1.29, 1.82) is 0 Å². The summed E-state index contributed by atoms with van der Waals surface area (Å²) in [6.07, 6.45) is 2.45. The maximum atomic E-state index is 5.17. The molecule has 0 radical (unpaired) electrons. The van der Waals surface area contributed by atoms with Gasteiger partial charge in [-0.1, -0.05) is 20.3 Å². The normalized spacial score (nSPS) is 16.4. The van der Waals surface area contributed by atoms with Crippen LogP contribution in [0.2, 0.25) is 0 Å². The Labute approximate surface area is 70.3 Å². The van der Waals surface area contributed by atoms with Crippen molar-refractivity contribution >= 4 is 0 Å². The molecule has 1 unspecified atom stereocenters. The molecule has 0 fully saturated rings. The lowest BCUT2D eigenvalue weighted by Gasteiger charge is -2.27. The lowest BCUT2D eigenvalue weighted by atomic mass is 9.86. The van der Waals surface area contributed by atoms with Gasteiger partial charge in [-0.05, 0) is 13.5 Å². The monoisotopic (exact) mass is 159 g/mol. The maximum Gasteiger partial charge on any atom is 0.0528 e. The van der Waals surface area contributed by atoms with E-state index in [1.54, 1.807) is 7.11 Å².